The van der Waals surface area contributed by atoms with Crippen LogP contribution in [-0.4, -0.2) is 36.2 Å². The van der Waals surface area contributed by atoms with Gasteiger partial charge in [0.2, 0.25) is 5.95 Å². The standard InChI is InChI=1S/C12H14F3NO.C5H6FN3.C2H6/c13-12(14,15)10-3-1-9(2-4-10)8-17-11-5-6-16-7-11;1-7-5-8-2-4(6)3-9-5;1-2/h1-4,11,16H,5-8H2;2-3H,1H3,(H,7,8,9);1-2H3. The first-order valence-electron chi connectivity index (χ1n) is 9.02. The van der Waals surface area contributed by atoms with Crippen LogP contribution in [0, 0.1) is 5.82 Å². The minimum atomic E-state index is -4.27. The molecule has 1 unspecified atom stereocenters. The molecule has 0 radical (unpaired) electrons. The van der Waals surface area contributed by atoms with Crippen molar-refractivity contribution < 1.29 is 22.3 Å². The third-order valence-electron chi connectivity index (χ3n) is 3.63. The second-order valence-corrected chi connectivity index (χ2v) is 5.60. The fourth-order valence-corrected chi connectivity index (χ4v) is 2.22. The molecule has 2 aromatic rings. The predicted molar refractivity (Wildman–Crippen MR) is 100 cm³/mol. The molecule has 0 amide bonds. The summed E-state index contributed by atoms with van der Waals surface area (Å²) in [5, 5.41) is 5.83. The lowest BCUT2D eigenvalue weighted by molar-refractivity contribution is -0.137. The van der Waals surface area contributed by atoms with E-state index in [0.29, 0.717) is 12.6 Å². The SMILES string of the molecule is CC.CNc1ncc(F)cn1.FC(F)(F)c1ccc(COC2CCNC2)cc1. The highest BCUT2D eigenvalue weighted by Crippen LogP contribution is 2.29. The third-order valence-corrected chi connectivity index (χ3v) is 3.63. The van der Waals surface area contributed by atoms with Crippen molar-refractivity contribution in [2.45, 2.75) is 39.2 Å². The number of halogens is 4. The number of alkyl halides is 3. The molecule has 0 saturated carbocycles. The van der Waals surface area contributed by atoms with Crippen LogP contribution >= 0.6 is 0 Å². The van der Waals surface area contributed by atoms with E-state index in [2.05, 4.69) is 20.6 Å². The highest BCUT2D eigenvalue weighted by molar-refractivity contribution is 5.24. The van der Waals surface area contributed by atoms with Crippen LogP contribution in [0.1, 0.15) is 31.4 Å². The Morgan fingerprint density at radius 2 is 1.75 bits per heavy atom. The van der Waals surface area contributed by atoms with E-state index in [1.54, 1.807) is 7.05 Å². The number of ether oxygens (including phenoxy) is 1. The summed E-state index contributed by atoms with van der Waals surface area (Å²) in [4.78, 5) is 7.20. The molecule has 1 fully saturated rings. The smallest absolute Gasteiger partial charge is 0.372 e. The minimum absolute atomic E-state index is 0.178. The Hall–Kier alpha value is -2.26. The third kappa shape index (κ3) is 8.62. The van der Waals surface area contributed by atoms with E-state index >= 15 is 0 Å². The van der Waals surface area contributed by atoms with Crippen molar-refractivity contribution in [3.8, 4) is 0 Å². The maximum atomic E-state index is 12.3. The van der Waals surface area contributed by atoms with Gasteiger partial charge in [0, 0.05) is 13.6 Å². The zero-order valence-corrected chi connectivity index (χ0v) is 16.2. The van der Waals surface area contributed by atoms with Gasteiger partial charge in [-0.2, -0.15) is 13.2 Å². The number of hydrogen-bond acceptors (Lipinski definition) is 5. The second-order valence-electron chi connectivity index (χ2n) is 5.60. The van der Waals surface area contributed by atoms with Crippen molar-refractivity contribution in [1.82, 2.24) is 15.3 Å². The molecular weight excluding hydrogens is 376 g/mol. The molecule has 1 aliphatic rings. The predicted octanol–water partition coefficient (Wildman–Crippen LogP) is 4.27. The van der Waals surface area contributed by atoms with Crippen molar-refractivity contribution in [2.24, 2.45) is 0 Å². The molecule has 1 aromatic carbocycles. The normalized spacial score (nSPS) is 15.8. The summed E-state index contributed by atoms with van der Waals surface area (Å²) in [5.74, 6) is 0.00500. The Morgan fingerprint density at radius 3 is 2.21 bits per heavy atom. The zero-order chi connectivity index (χ0) is 21.0. The Balaban J connectivity index is 0.000000301. The lowest BCUT2D eigenvalue weighted by Crippen LogP contribution is -2.16. The second kappa shape index (κ2) is 12.2. The fraction of sp³-hybridized carbons (Fsp3) is 0.474. The average Bonchev–Trinajstić information content (AvgIpc) is 3.22. The molecule has 9 heteroatoms. The molecular formula is C19H26F4N4O. The van der Waals surface area contributed by atoms with Gasteiger partial charge in [0.1, 0.15) is 0 Å². The Morgan fingerprint density at radius 1 is 1.14 bits per heavy atom. The first kappa shape index (κ1) is 23.8. The maximum Gasteiger partial charge on any atom is 0.416 e. The maximum absolute atomic E-state index is 12.3. The van der Waals surface area contributed by atoms with Crippen molar-refractivity contribution in [1.29, 1.82) is 0 Å². The average molecular weight is 402 g/mol. The first-order chi connectivity index (χ1) is 13.4. The summed E-state index contributed by atoms with van der Waals surface area (Å²) in [6.45, 7) is 6.13. The van der Waals surface area contributed by atoms with Crippen LogP contribution in [0.5, 0.6) is 0 Å². The van der Waals surface area contributed by atoms with Crippen LogP contribution < -0.4 is 10.6 Å². The molecule has 3 rings (SSSR count). The molecule has 1 aromatic heterocycles. The molecule has 28 heavy (non-hydrogen) atoms. The molecule has 1 aliphatic heterocycles. The number of aromatic nitrogens is 2. The van der Waals surface area contributed by atoms with E-state index in [0.717, 1.165) is 49.6 Å². The molecule has 1 saturated heterocycles. The summed E-state index contributed by atoms with van der Waals surface area (Å²) in [7, 11) is 1.67. The van der Waals surface area contributed by atoms with E-state index in [1.165, 1.54) is 12.1 Å². The minimum Gasteiger partial charge on any atom is -0.372 e. The highest BCUT2D eigenvalue weighted by atomic mass is 19.4. The van der Waals surface area contributed by atoms with Crippen LogP contribution in [-0.2, 0) is 17.5 Å². The monoisotopic (exact) mass is 402 g/mol. The van der Waals surface area contributed by atoms with Crippen LogP contribution in [0.25, 0.3) is 0 Å². The number of benzene rings is 1. The molecule has 2 N–H and O–H groups in total. The van der Waals surface area contributed by atoms with Gasteiger partial charge in [-0.3, -0.25) is 0 Å². The van der Waals surface area contributed by atoms with E-state index in [-0.39, 0.29) is 6.10 Å². The van der Waals surface area contributed by atoms with Gasteiger partial charge in [0.25, 0.3) is 0 Å². The van der Waals surface area contributed by atoms with Crippen LogP contribution in [0.2, 0.25) is 0 Å². The van der Waals surface area contributed by atoms with E-state index < -0.39 is 17.6 Å². The summed E-state index contributed by atoms with van der Waals surface area (Å²) >= 11 is 0. The number of nitrogens with one attached hydrogen (secondary N) is 2. The molecule has 0 aliphatic carbocycles. The van der Waals surface area contributed by atoms with Gasteiger partial charge in [-0.25, -0.2) is 14.4 Å². The van der Waals surface area contributed by atoms with Gasteiger partial charge in [-0.05, 0) is 30.7 Å². The topological polar surface area (TPSA) is 59.1 Å². The van der Waals surface area contributed by atoms with Gasteiger partial charge < -0.3 is 15.4 Å². The van der Waals surface area contributed by atoms with Crippen molar-refractivity contribution >= 4 is 5.95 Å². The lowest BCUT2D eigenvalue weighted by Gasteiger charge is -2.11. The van der Waals surface area contributed by atoms with E-state index in [9.17, 15) is 17.6 Å². The van der Waals surface area contributed by atoms with E-state index in [4.69, 9.17) is 4.74 Å². The van der Waals surface area contributed by atoms with Crippen molar-refractivity contribution in [2.75, 3.05) is 25.5 Å². The molecule has 1 atom stereocenters. The van der Waals surface area contributed by atoms with E-state index in [1.807, 2.05) is 13.8 Å². The summed E-state index contributed by atoms with van der Waals surface area (Å²) in [5.41, 5.74) is 0.147. The quantitative estimate of drug-likeness (QED) is 0.748. The van der Waals surface area contributed by atoms with Gasteiger partial charge in [-0.15, -0.1) is 0 Å². The summed E-state index contributed by atoms with van der Waals surface area (Å²) in [6.07, 6.45) is -0.912. The van der Waals surface area contributed by atoms with Crippen LogP contribution in [0.4, 0.5) is 23.5 Å². The molecule has 5 nitrogen and oxygen atoms in total. The zero-order valence-electron chi connectivity index (χ0n) is 16.2. The molecule has 0 bridgehead atoms. The highest BCUT2D eigenvalue weighted by Gasteiger charge is 2.29. The number of rotatable bonds is 4. The Kier molecular flexibility index (Phi) is 10.4. The number of anilines is 1. The van der Waals surface area contributed by atoms with Gasteiger partial charge in [0.15, 0.2) is 5.82 Å². The lowest BCUT2D eigenvalue weighted by atomic mass is 10.1. The first-order valence-corrected chi connectivity index (χ1v) is 9.02. The fourth-order valence-electron chi connectivity index (χ4n) is 2.22. The summed E-state index contributed by atoms with van der Waals surface area (Å²) in [6, 6.07) is 5.10. The van der Waals surface area contributed by atoms with Crippen LogP contribution in [0.3, 0.4) is 0 Å². The Labute approximate surface area is 162 Å². The van der Waals surface area contributed by atoms with Crippen molar-refractivity contribution in [3.05, 3.63) is 53.6 Å². The summed E-state index contributed by atoms with van der Waals surface area (Å²) < 4.78 is 54.6. The van der Waals surface area contributed by atoms with Crippen LogP contribution in [0.15, 0.2) is 36.7 Å². The number of hydrogen-bond donors (Lipinski definition) is 2. The largest absolute Gasteiger partial charge is 0.416 e. The van der Waals surface area contributed by atoms with Gasteiger partial charge in [0.05, 0.1) is 30.7 Å². The Bertz CT molecular complexity index is 657. The van der Waals surface area contributed by atoms with Crippen molar-refractivity contribution in [3.63, 3.8) is 0 Å². The number of nitrogens with zero attached hydrogens (tertiary/aromatic N) is 2. The van der Waals surface area contributed by atoms with Gasteiger partial charge >= 0.3 is 6.18 Å². The molecule has 0 spiro atoms. The van der Waals surface area contributed by atoms with Gasteiger partial charge in [-0.1, -0.05) is 26.0 Å². The molecule has 156 valence electrons. The molecule has 2 heterocycles.